The molecule has 0 atom stereocenters. The second-order valence-corrected chi connectivity index (χ2v) is 4.36. The predicted molar refractivity (Wildman–Crippen MR) is 71.6 cm³/mol. The minimum absolute atomic E-state index is 0.0389. The van der Waals surface area contributed by atoms with Crippen LogP contribution in [0, 0.1) is 0 Å². The van der Waals surface area contributed by atoms with Gasteiger partial charge in [0.2, 0.25) is 0 Å². The van der Waals surface area contributed by atoms with Gasteiger partial charge in [-0.25, -0.2) is 9.78 Å². The molecule has 2 aromatic heterocycles. The Morgan fingerprint density at radius 1 is 1.53 bits per heavy atom. The summed E-state index contributed by atoms with van der Waals surface area (Å²) in [6, 6.07) is 3.29. The molecule has 0 radical (unpaired) electrons. The molecule has 0 saturated carbocycles. The molecule has 19 heavy (non-hydrogen) atoms. The van der Waals surface area contributed by atoms with Crippen molar-refractivity contribution in [1.82, 2.24) is 14.8 Å². The quantitative estimate of drug-likeness (QED) is 0.873. The number of aryl methyl sites for hydroxylation is 1. The highest BCUT2D eigenvalue weighted by Crippen LogP contribution is 2.23. The average molecular weight is 281 g/mol. The third-order valence-corrected chi connectivity index (χ3v) is 2.94. The van der Waals surface area contributed by atoms with E-state index in [-0.39, 0.29) is 10.6 Å². The van der Waals surface area contributed by atoms with Crippen LogP contribution in [0.3, 0.4) is 0 Å². The lowest BCUT2D eigenvalue weighted by atomic mass is 10.2. The maximum atomic E-state index is 10.9. The van der Waals surface area contributed by atoms with Gasteiger partial charge in [0.05, 0.1) is 16.3 Å². The molecule has 2 heterocycles. The Morgan fingerprint density at radius 2 is 2.32 bits per heavy atom. The van der Waals surface area contributed by atoms with Gasteiger partial charge in [-0.2, -0.15) is 5.10 Å². The molecule has 6 nitrogen and oxygen atoms in total. The molecule has 0 aliphatic heterocycles. The monoisotopic (exact) mass is 280 g/mol. The molecule has 0 saturated heterocycles. The first-order valence-electron chi connectivity index (χ1n) is 5.68. The summed E-state index contributed by atoms with van der Waals surface area (Å²) in [6.07, 6.45) is 3.99. The Kier molecular flexibility index (Phi) is 4.01. The lowest BCUT2D eigenvalue weighted by molar-refractivity contribution is 0.0697. The van der Waals surface area contributed by atoms with Crippen LogP contribution in [0.25, 0.3) is 0 Å². The fourth-order valence-electron chi connectivity index (χ4n) is 1.64. The van der Waals surface area contributed by atoms with E-state index in [0.717, 1.165) is 5.69 Å². The van der Waals surface area contributed by atoms with Crippen molar-refractivity contribution in [2.75, 3.05) is 11.9 Å². The van der Waals surface area contributed by atoms with Crippen molar-refractivity contribution in [3.05, 3.63) is 40.8 Å². The highest BCUT2D eigenvalue weighted by Gasteiger charge is 2.12. The molecular formula is C12H13ClN4O2. The first kappa shape index (κ1) is 13.4. The number of carboxylic acids is 1. The van der Waals surface area contributed by atoms with E-state index in [1.54, 1.807) is 4.68 Å². The van der Waals surface area contributed by atoms with Gasteiger partial charge < -0.3 is 10.4 Å². The van der Waals surface area contributed by atoms with Gasteiger partial charge in [0.25, 0.3) is 0 Å². The lowest BCUT2D eigenvalue weighted by Crippen LogP contribution is -2.09. The SMILES string of the molecule is Cn1ccc(CCNc2nccc(C(=O)O)c2Cl)n1. The number of anilines is 1. The molecule has 0 unspecified atom stereocenters. The van der Waals surface area contributed by atoms with E-state index >= 15 is 0 Å². The van der Waals surface area contributed by atoms with Crippen LogP contribution in [0.1, 0.15) is 16.1 Å². The molecule has 7 heteroatoms. The number of halogens is 1. The van der Waals surface area contributed by atoms with Crippen LogP contribution < -0.4 is 5.32 Å². The minimum atomic E-state index is -1.07. The minimum Gasteiger partial charge on any atom is -0.478 e. The molecule has 0 spiro atoms. The Labute approximate surface area is 115 Å². The van der Waals surface area contributed by atoms with E-state index in [0.29, 0.717) is 18.8 Å². The molecule has 0 aliphatic rings. The largest absolute Gasteiger partial charge is 0.478 e. The molecule has 0 aliphatic carbocycles. The van der Waals surface area contributed by atoms with E-state index in [1.165, 1.54) is 12.3 Å². The zero-order valence-electron chi connectivity index (χ0n) is 10.3. The Bertz CT molecular complexity index is 597. The van der Waals surface area contributed by atoms with Crippen LogP contribution in [0.2, 0.25) is 5.02 Å². The van der Waals surface area contributed by atoms with Crippen LogP contribution in [0.15, 0.2) is 24.5 Å². The zero-order valence-corrected chi connectivity index (χ0v) is 11.1. The van der Waals surface area contributed by atoms with E-state index in [4.69, 9.17) is 16.7 Å². The normalized spacial score (nSPS) is 10.4. The number of hydrogen-bond acceptors (Lipinski definition) is 4. The van der Waals surface area contributed by atoms with Crippen molar-refractivity contribution >= 4 is 23.4 Å². The Balaban J connectivity index is 2.00. The summed E-state index contributed by atoms with van der Waals surface area (Å²) >= 11 is 5.96. The maximum Gasteiger partial charge on any atom is 0.337 e. The fourth-order valence-corrected chi connectivity index (χ4v) is 1.90. The number of nitrogens with zero attached hydrogens (tertiary/aromatic N) is 3. The summed E-state index contributed by atoms with van der Waals surface area (Å²) in [5.74, 6) is -0.697. The molecule has 0 aromatic carbocycles. The molecule has 0 bridgehead atoms. The number of nitrogens with one attached hydrogen (secondary N) is 1. The van der Waals surface area contributed by atoms with Gasteiger partial charge in [0.1, 0.15) is 5.82 Å². The molecule has 0 amide bonds. The third-order valence-electron chi connectivity index (χ3n) is 2.56. The van der Waals surface area contributed by atoms with Crippen molar-refractivity contribution < 1.29 is 9.90 Å². The van der Waals surface area contributed by atoms with Gasteiger partial charge in [-0.15, -0.1) is 0 Å². The summed E-state index contributed by atoms with van der Waals surface area (Å²) in [6.45, 7) is 0.576. The predicted octanol–water partition coefficient (Wildman–Crippen LogP) is 1.82. The molecule has 2 aromatic rings. The maximum absolute atomic E-state index is 10.9. The summed E-state index contributed by atoms with van der Waals surface area (Å²) < 4.78 is 1.73. The first-order valence-corrected chi connectivity index (χ1v) is 6.06. The number of pyridine rings is 1. The Morgan fingerprint density at radius 3 is 2.95 bits per heavy atom. The first-order chi connectivity index (χ1) is 9.08. The van der Waals surface area contributed by atoms with Crippen LogP contribution in [-0.4, -0.2) is 32.4 Å². The van der Waals surface area contributed by atoms with Crippen molar-refractivity contribution in [3.63, 3.8) is 0 Å². The molecule has 2 rings (SSSR count). The molecule has 0 fully saturated rings. The smallest absolute Gasteiger partial charge is 0.337 e. The number of rotatable bonds is 5. The summed E-state index contributed by atoms with van der Waals surface area (Å²) in [5.41, 5.74) is 0.984. The number of aromatic nitrogens is 3. The van der Waals surface area contributed by atoms with E-state index < -0.39 is 5.97 Å². The second-order valence-electron chi connectivity index (χ2n) is 3.98. The van der Waals surface area contributed by atoms with Gasteiger partial charge >= 0.3 is 5.97 Å². The molecule has 2 N–H and O–H groups in total. The van der Waals surface area contributed by atoms with Crippen molar-refractivity contribution in [2.45, 2.75) is 6.42 Å². The zero-order chi connectivity index (χ0) is 13.8. The van der Waals surface area contributed by atoms with Crippen LogP contribution in [0.5, 0.6) is 0 Å². The van der Waals surface area contributed by atoms with Crippen LogP contribution in [0.4, 0.5) is 5.82 Å². The van der Waals surface area contributed by atoms with E-state index in [9.17, 15) is 4.79 Å². The van der Waals surface area contributed by atoms with Crippen molar-refractivity contribution in [1.29, 1.82) is 0 Å². The van der Waals surface area contributed by atoms with Gasteiger partial charge in [0, 0.05) is 32.4 Å². The van der Waals surface area contributed by atoms with Gasteiger partial charge in [-0.1, -0.05) is 11.6 Å². The topological polar surface area (TPSA) is 80.0 Å². The summed E-state index contributed by atoms with van der Waals surface area (Å²) in [7, 11) is 1.85. The van der Waals surface area contributed by atoms with Crippen molar-refractivity contribution in [2.24, 2.45) is 7.05 Å². The van der Waals surface area contributed by atoms with Crippen LogP contribution >= 0.6 is 11.6 Å². The molecule has 100 valence electrons. The summed E-state index contributed by atoms with van der Waals surface area (Å²) in [4.78, 5) is 14.9. The number of hydrogen-bond donors (Lipinski definition) is 2. The van der Waals surface area contributed by atoms with Gasteiger partial charge in [0.15, 0.2) is 0 Å². The summed E-state index contributed by atoms with van der Waals surface area (Å²) in [5, 5.41) is 16.3. The number of aromatic carboxylic acids is 1. The van der Waals surface area contributed by atoms with Gasteiger partial charge in [-0.3, -0.25) is 4.68 Å². The standard InChI is InChI=1S/C12H13ClN4O2/c1-17-7-4-8(16-17)2-5-14-11-10(13)9(12(18)19)3-6-15-11/h3-4,6-7H,2,5H2,1H3,(H,14,15)(H,18,19). The highest BCUT2D eigenvalue weighted by molar-refractivity contribution is 6.35. The number of carboxylic acid groups (broad SMARTS) is 1. The van der Waals surface area contributed by atoms with E-state index in [1.807, 2.05) is 19.3 Å². The number of carbonyl (C=O) groups is 1. The lowest BCUT2D eigenvalue weighted by Gasteiger charge is -2.07. The average Bonchev–Trinajstić information content (AvgIpc) is 2.77. The van der Waals surface area contributed by atoms with E-state index in [2.05, 4.69) is 15.4 Å². The highest BCUT2D eigenvalue weighted by atomic mass is 35.5. The molecular weight excluding hydrogens is 268 g/mol. The third kappa shape index (κ3) is 3.23. The fraction of sp³-hybridized carbons (Fsp3) is 0.250. The van der Waals surface area contributed by atoms with Crippen molar-refractivity contribution in [3.8, 4) is 0 Å². The van der Waals surface area contributed by atoms with Crippen LogP contribution in [-0.2, 0) is 13.5 Å². The Hall–Kier alpha value is -2.08. The second kappa shape index (κ2) is 5.71. The van der Waals surface area contributed by atoms with Gasteiger partial charge in [-0.05, 0) is 12.1 Å².